The van der Waals surface area contributed by atoms with Gasteiger partial charge in [0.05, 0.1) is 6.54 Å². The third-order valence-electron chi connectivity index (χ3n) is 8.46. The number of carboxylic acid groups (broad SMARTS) is 1. The fourth-order valence-corrected chi connectivity index (χ4v) is 5.86. The number of rotatable bonds is 2. The average molecular weight is 728 g/mol. The van der Waals surface area contributed by atoms with Crippen LogP contribution in [-0.4, -0.2) is 65.8 Å². The lowest BCUT2D eigenvalue weighted by Gasteiger charge is -2.26. The molecule has 0 radical (unpaired) electrons. The summed E-state index contributed by atoms with van der Waals surface area (Å²) in [6, 6.07) is 17.8. The highest BCUT2D eigenvalue weighted by atomic mass is 16.5. The van der Waals surface area contributed by atoms with Crippen molar-refractivity contribution in [3.8, 4) is 5.75 Å². The van der Waals surface area contributed by atoms with Crippen LogP contribution >= 0.6 is 0 Å². The number of carboxylic acids is 1. The predicted octanol–water partition coefficient (Wildman–Crippen LogP) is 4.22. The van der Waals surface area contributed by atoms with Crippen molar-refractivity contribution in [3.05, 3.63) is 95.1 Å². The zero-order valence-corrected chi connectivity index (χ0v) is 30.8. The van der Waals surface area contributed by atoms with E-state index in [9.17, 15) is 33.9 Å². The molecule has 6 N–H and O–H groups in total. The third kappa shape index (κ3) is 13.1. The van der Waals surface area contributed by atoms with Crippen LogP contribution in [0.2, 0.25) is 0 Å². The van der Waals surface area contributed by atoms with Gasteiger partial charge in [-0.15, -0.1) is 0 Å². The molecule has 53 heavy (non-hydrogen) atoms. The second kappa shape index (κ2) is 17.7. The highest BCUT2D eigenvalue weighted by Crippen LogP contribution is 2.26. The minimum absolute atomic E-state index is 0.00953. The van der Waals surface area contributed by atoms with Crippen molar-refractivity contribution in [1.82, 2.24) is 21.3 Å². The standard InChI is InChI=1S/C40H49N5O8/c1-39(2,3)21-32-37(50)43-29-13-9-25(10-14-29)20-31(38(51)52)44-34(47)23-40(4,5)22-33(46)41-17-18-53-30-15-11-27(12-16-30)35(48)42-24-26-7-6-8-28(19-26)36(49)45-32/h6-16,19,31-32H,17-18,20-24H2,1-5H3,(H,41,46)(H,42,48)(H,43,50)(H,44,47)(H,45,49)(H,51,52)/t31-,32-/m0/s1. The van der Waals surface area contributed by atoms with Gasteiger partial charge in [0.15, 0.2) is 0 Å². The highest BCUT2D eigenvalue weighted by Gasteiger charge is 2.29. The summed E-state index contributed by atoms with van der Waals surface area (Å²) in [5, 5.41) is 23.8. The Morgan fingerprint density at radius 3 is 2.15 bits per heavy atom. The van der Waals surface area contributed by atoms with Crippen LogP contribution in [0.15, 0.2) is 72.8 Å². The molecule has 13 nitrogen and oxygen atoms in total. The van der Waals surface area contributed by atoms with E-state index in [-0.39, 0.29) is 56.2 Å². The Morgan fingerprint density at radius 2 is 1.49 bits per heavy atom. The summed E-state index contributed by atoms with van der Waals surface area (Å²) in [4.78, 5) is 77.5. The van der Waals surface area contributed by atoms with Crippen molar-refractivity contribution in [1.29, 1.82) is 0 Å². The molecule has 7 rings (SSSR count). The largest absolute Gasteiger partial charge is 0.492 e. The summed E-state index contributed by atoms with van der Waals surface area (Å²) in [6.07, 6.45) is 0.275. The number of benzene rings is 3. The molecular weight excluding hydrogens is 678 g/mol. The van der Waals surface area contributed by atoms with Gasteiger partial charge in [-0.05, 0) is 76.9 Å². The maximum Gasteiger partial charge on any atom is 0.326 e. The summed E-state index contributed by atoms with van der Waals surface area (Å²) < 4.78 is 5.71. The van der Waals surface area contributed by atoms with Gasteiger partial charge in [0, 0.05) is 42.6 Å². The Bertz CT molecular complexity index is 1800. The van der Waals surface area contributed by atoms with Gasteiger partial charge in [0.1, 0.15) is 24.4 Å². The van der Waals surface area contributed by atoms with E-state index in [1.54, 1.807) is 86.6 Å². The monoisotopic (exact) mass is 727 g/mol. The first kappa shape index (κ1) is 40.1. The van der Waals surface area contributed by atoms with Crippen LogP contribution in [-0.2, 0) is 32.1 Å². The van der Waals surface area contributed by atoms with Crippen LogP contribution < -0.4 is 31.3 Å². The van der Waals surface area contributed by atoms with Crippen LogP contribution in [0.4, 0.5) is 5.69 Å². The van der Waals surface area contributed by atoms with Gasteiger partial charge in [0.25, 0.3) is 11.8 Å². The normalized spacial score (nSPS) is 19.7. The van der Waals surface area contributed by atoms with Crippen LogP contribution in [0.1, 0.15) is 85.7 Å². The molecule has 4 aliphatic rings. The Morgan fingerprint density at radius 1 is 0.811 bits per heavy atom. The molecule has 3 aromatic carbocycles. The SMILES string of the molecule is CC(C)(C)C[C@@H]1NC(=O)c2cccc(c2)CNC(=O)c2ccc(cc2)OCCNC(=O)CC(C)(C)CC(=O)N[C@H](C(=O)O)Cc2ccc(cc2)NC1=O. The molecule has 282 valence electrons. The van der Waals surface area contributed by atoms with E-state index in [0.717, 1.165) is 0 Å². The zero-order chi connectivity index (χ0) is 38.8. The summed E-state index contributed by atoms with van der Waals surface area (Å²) >= 11 is 0. The highest BCUT2D eigenvalue weighted by molar-refractivity contribution is 6.01. The fourth-order valence-electron chi connectivity index (χ4n) is 5.86. The van der Waals surface area contributed by atoms with Gasteiger partial charge >= 0.3 is 5.97 Å². The van der Waals surface area contributed by atoms with E-state index in [0.29, 0.717) is 40.1 Å². The van der Waals surface area contributed by atoms with Crippen LogP contribution in [0.5, 0.6) is 5.75 Å². The van der Waals surface area contributed by atoms with Gasteiger partial charge < -0.3 is 36.4 Å². The Kier molecular flexibility index (Phi) is 13.4. The number of hydrogen-bond donors (Lipinski definition) is 6. The van der Waals surface area contributed by atoms with E-state index in [1.807, 2.05) is 20.8 Å². The summed E-state index contributed by atoms with van der Waals surface area (Å²) in [7, 11) is 0. The Hall–Kier alpha value is -5.72. The predicted molar refractivity (Wildman–Crippen MR) is 199 cm³/mol. The third-order valence-corrected chi connectivity index (χ3v) is 8.46. The van der Waals surface area contributed by atoms with Crippen molar-refractivity contribution < 1.29 is 38.6 Å². The molecule has 4 heterocycles. The lowest BCUT2D eigenvalue weighted by molar-refractivity contribution is -0.142. The minimum atomic E-state index is -1.22. The minimum Gasteiger partial charge on any atom is -0.492 e. The van der Waals surface area contributed by atoms with E-state index in [4.69, 9.17) is 4.74 Å². The van der Waals surface area contributed by atoms with E-state index >= 15 is 0 Å². The molecule has 3 aromatic rings. The smallest absolute Gasteiger partial charge is 0.326 e. The molecule has 2 atom stereocenters. The maximum absolute atomic E-state index is 13.5. The van der Waals surface area contributed by atoms with E-state index in [1.165, 1.54) is 0 Å². The Labute approximate surface area is 309 Å². The van der Waals surface area contributed by atoms with Crippen molar-refractivity contribution in [2.45, 2.75) is 78.9 Å². The molecule has 4 aliphatic heterocycles. The van der Waals surface area contributed by atoms with Gasteiger partial charge in [-0.25, -0.2) is 4.79 Å². The molecule has 5 amide bonds. The molecule has 0 spiro atoms. The number of hydrogen-bond acceptors (Lipinski definition) is 7. The number of anilines is 1. The summed E-state index contributed by atoms with van der Waals surface area (Å²) in [6.45, 7) is 9.93. The molecule has 13 heteroatoms. The average Bonchev–Trinajstić information content (AvgIpc) is 3.08. The summed E-state index contributed by atoms with van der Waals surface area (Å²) in [5.41, 5.74) is 1.39. The van der Waals surface area contributed by atoms with Crippen molar-refractivity contribution in [2.24, 2.45) is 10.8 Å². The fraction of sp³-hybridized carbons (Fsp3) is 0.400. The molecule has 6 bridgehead atoms. The number of ether oxygens (including phenoxy) is 1. The van der Waals surface area contributed by atoms with Crippen LogP contribution in [0, 0.1) is 10.8 Å². The van der Waals surface area contributed by atoms with Gasteiger partial charge in [-0.1, -0.05) is 58.9 Å². The first-order valence-electron chi connectivity index (χ1n) is 17.6. The molecule has 0 unspecified atom stereocenters. The molecular formula is C40H49N5O8. The molecule has 0 fully saturated rings. The second-order valence-electron chi connectivity index (χ2n) is 15.3. The lowest BCUT2D eigenvalue weighted by Crippen LogP contribution is -2.45. The second-order valence-corrected chi connectivity index (χ2v) is 15.3. The first-order chi connectivity index (χ1) is 25.0. The van der Waals surface area contributed by atoms with Crippen LogP contribution in [0.25, 0.3) is 0 Å². The van der Waals surface area contributed by atoms with Crippen molar-refractivity contribution in [3.63, 3.8) is 0 Å². The number of carbonyl (C=O) groups is 6. The molecule has 0 aliphatic carbocycles. The molecule has 0 aromatic heterocycles. The van der Waals surface area contributed by atoms with Gasteiger partial charge in [-0.2, -0.15) is 0 Å². The number of aliphatic carboxylic acids is 1. The Balaban J connectivity index is 1.55. The van der Waals surface area contributed by atoms with E-state index < -0.39 is 41.2 Å². The van der Waals surface area contributed by atoms with Crippen LogP contribution in [0.3, 0.4) is 0 Å². The number of nitrogens with one attached hydrogen (secondary N) is 5. The quantitative estimate of drug-likeness (QED) is 0.226. The van der Waals surface area contributed by atoms with E-state index in [2.05, 4.69) is 26.6 Å². The number of amides is 5. The van der Waals surface area contributed by atoms with Gasteiger partial charge in [-0.3, -0.25) is 24.0 Å². The maximum atomic E-state index is 13.5. The summed E-state index contributed by atoms with van der Waals surface area (Å²) in [5.74, 6) is -2.70. The van der Waals surface area contributed by atoms with Crippen molar-refractivity contribution in [2.75, 3.05) is 18.5 Å². The lowest BCUT2D eigenvalue weighted by atomic mass is 9.85. The first-order valence-corrected chi connectivity index (χ1v) is 17.6. The molecule has 0 saturated heterocycles. The topological polar surface area (TPSA) is 192 Å². The zero-order valence-electron chi connectivity index (χ0n) is 30.8. The molecule has 0 saturated carbocycles. The number of carbonyl (C=O) groups excluding carboxylic acids is 5. The van der Waals surface area contributed by atoms with Crippen molar-refractivity contribution >= 4 is 41.2 Å². The van der Waals surface area contributed by atoms with Gasteiger partial charge in [0.2, 0.25) is 17.7 Å².